The van der Waals surface area contributed by atoms with Crippen LogP contribution >= 0.6 is 0 Å². The fraction of sp³-hybridized carbons (Fsp3) is 0.105. The zero-order valence-corrected chi connectivity index (χ0v) is 34.2. The molecule has 3 aliphatic rings. The Bertz CT molecular complexity index is 3580. The Hall–Kier alpha value is -7.47. The summed E-state index contributed by atoms with van der Waals surface area (Å²) in [5.74, 6) is 1.21. The molecule has 2 aromatic heterocycles. The van der Waals surface area contributed by atoms with Gasteiger partial charge in [0.2, 0.25) is 0 Å². The number of aliphatic imine (C=N–C) groups is 1. The second kappa shape index (κ2) is 14.1. The van der Waals surface area contributed by atoms with Gasteiger partial charge in [0.05, 0.1) is 22.2 Å². The summed E-state index contributed by atoms with van der Waals surface area (Å²) in [6.07, 6.45) is 16.4. The molecule has 0 amide bonds. The lowest BCUT2D eigenvalue weighted by atomic mass is 9.96. The summed E-state index contributed by atoms with van der Waals surface area (Å²) in [5.41, 5.74) is 11.1. The predicted molar refractivity (Wildman–Crippen MR) is 260 cm³/mol. The highest BCUT2D eigenvalue weighted by molar-refractivity contribution is 6.15. The molecule has 2 N–H and O–H groups in total. The maximum atomic E-state index is 5.29. The summed E-state index contributed by atoms with van der Waals surface area (Å²) in [7, 11) is 0. The van der Waals surface area contributed by atoms with E-state index in [2.05, 4.69) is 214 Å². The van der Waals surface area contributed by atoms with Gasteiger partial charge in [0.25, 0.3) is 0 Å². The van der Waals surface area contributed by atoms with E-state index in [-0.39, 0.29) is 12.3 Å². The first-order chi connectivity index (χ1) is 30.7. The SMILES string of the molecule is C1=CCC(C2N=C(c3ccc4cc(-n5c6c(c7cc8cccc(-n9c%10ccccc%10c%10cc%11ccccc%11cc%109)c8cc75)C=CCC6)ccc4c3)NC(c3ccccc3)N2)C=C1. The van der Waals surface area contributed by atoms with E-state index in [0.717, 1.165) is 30.7 Å². The van der Waals surface area contributed by atoms with Crippen molar-refractivity contribution in [3.05, 3.63) is 210 Å². The Kier molecular flexibility index (Phi) is 8.00. The Morgan fingerprint density at radius 3 is 2.23 bits per heavy atom. The van der Waals surface area contributed by atoms with Crippen molar-refractivity contribution < 1.29 is 0 Å². The number of amidine groups is 1. The molecule has 0 fully saturated rings. The van der Waals surface area contributed by atoms with Crippen LogP contribution in [0.4, 0.5) is 0 Å². The highest BCUT2D eigenvalue weighted by atomic mass is 15.3. The minimum absolute atomic E-state index is 0.0376. The average Bonchev–Trinajstić information content (AvgIpc) is 3.84. The number of hydrogen-bond donors (Lipinski definition) is 2. The van der Waals surface area contributed by atoms with E-state index in [4.69, 9.17) is 4.99 Å². The topological polar surface area (TPSA) is 46.3 Å². The highest BCUT2D eigenvalue weighted by Crippen LogP contribution is 2.41. The predicted octanol–water partition coefficient (Wildman–Crippen LogP) is 13.2. The smallest absolute Gasteiger partial charge is 0.131 e. The molecular weight excluding hydrogens is 755 g/mol. The molecule has 3 atom stereocenters. The number of nitrogens with zero attached hydrogens (tertiary/aromatic N) is 3. The van der Waals surface area contributed by atoms with Crippen LogP contribution < -0.4 is 10.6 Å². The third kappa shape index (κ3) is 5.62. The third-order valence-corrected chi connectivity index (χ3v) is 13.5. The number of nitrogens with one attached hydrogen (secondary N) is 2. The molecule has 3 unspecified atom stereocenters. The van der Waals surface area contributed by atoms with E-state index in [1.807, 2.05) is 0 Å². The van der Waals surface area contributed by atoms with Crippen LogP contribution in [-0.4, -0.2) is 21.1 Å². The third-order valence-electron chi connectivity index (χ3n) is 13.5. The molecule has 0 bridgehead atoms. The van der Waals surface area contributed by atoms with Gasteiger partial charge in [0.1, 0.15) is 18.2 Å². The average molecular weight is 798 g/mol. The van der Waals surface area contributed by atoms with Crippen LogP contribution in [0.25, 0.3) is 82.5 Å². The molecule has 0 saturated carbocycles. The van der Waals surface area contributed by atoms with E-state index in [9.17, 15) is 0 Å². The van der Waals surface area contributed by atoms with Crippen LogP contribution in [0.2, 0.25) is 0 Å². The maximum absolute atomic E-state index is 5.29. The normalized spacial score (nSPS) is 18.6. The Balaban J connectivity index is 0.950. The van der Waals surface area contributed by atoms with E-state index in [1.54, 1.807) is 0 Å². The van der Waals surface area contributed by atoms with Gasteiger partial charge in [-0.15, -0.1) is 0 Å². The van der Waals surface area contributed by atoms with Gasteiger partial charge < -0.3 is 14.5 Å². The fourth-order valence-corrected chi connectivity index (χ4v) is 10.5. The first kappa shape index (κ1) is 35.3. The lowest BCUT2D eigenvalue weighted by Gasteiger charge is -2.35. The molecule has 10 aromatic rings. The number of fused-ring (bicyclic) bond motifs is 9. The van der Waals surface area contributed by atoms with Crippen molar-refractivity contribution in [1.82, 2.24) is 19.8 Å². The molecule has 8 aromatic carbocycles. The molecule has 62 heavy (non-hydrogen) atoms. The standard InChI is InChI=1S/C57H43N5/c1-3-14-36(15-4-1)55-58-56(37-16-5-2-6-17-37)60-57(59-55)43-27-26-41-31-44(29-28-40(41)30-43)61-50-23-11-9-21-45(50)49-33-42-20-13-25-52(47(42)35-54(49)61)62-51-24-12-10-22-46(51)48-32-38-18-7-8-19-39(38)34-53(48)62/h1-10,12-16,18-22,24-35,37,55-56,58H,11,17,23H2,(H,59,60). The Morgan fingerprint density at radius 2 is 1.32 bits per heavy atom. The molecule has 5 nitrogen and oxygen atoms in total. The second-order valence-corrected chi connectivity index (χ2v) is 17.1. The number of benzene rings is 8. The quantitative estimate of drug-likeness (QED) is 0.182. The first-order valence-electron chi connectivity index (χ1n) is 21.9. The van der Waals surface area contributed by atoms with E-state index < -0.39 is 0 Å². The summed E-state index contributed by atoms with van der Waals surface area (Å²) >= 11 is 0. The monoisotopic (exact) mass is 797 g/mol. The van der Waals surface area contributed by atoms with Crippen LogP contribution in [-0.2, 0) is 6.42 Å². The fourth-order valence-electron chi connectivity index (χ4n) is 10.5. The van der Waals surface area contributed by atoms with Crippen molar-refractivity contribution in [2.75, 3.05) is 0 Å². The van der Waals surface area contributed by atoms with Crippen LogP contribution in [0.5, 0.6) is 0 Å². The van der Waals surface area contributed by atoms with Gasteiger partial charge in [0, 0.05) is 50.0 Å². The summed E-state index contributed by atoms with van der Waals surface area (Å²) in [5, 5.41) is 18.8. The summed E-state index contributed by atoms with van der Waals surface area (Å²) in [4.78, 5) is 5.29. The van der Waals surface area contributed by atoms with Gasteiger partial charge in [-0.1, -0.05) is 140 Å². The van der Waals surface area contributed by atoms with Crippen LogP contribution in [0.3, 0.4) is 0 Å². The number of hydrogen-bond acceptors (Lipinski definition) is 3. The van der Waals surface area contributed by atoms with E-state index in [1.165, 1.54) is 93.2 Å². The highest BCUT2D eigenvalue weighted by Gasteiger charge is 2.29. The van der Waals surface area contributed by atoms with Crippen LogP contribution in [0.1, 0.15) is 41.4 Å². The number of para-hydroxylation sites is 1. The number of aromatic nitrogens is 2. The maximum Gasteiger partial charge on any atom is 0.131 e. The minimum Gasteiger partial charge on any atom is -0.350 e. The molecule has 3 heterocycles. The zero-order chi connectivity index (χ0) is 40.7. The minimum atomic E-state index is -0.0419. The van der Waals surface area contributed by atoms with Crippen molar-refractivity contribution >= 4 is 76.9 Å². The Morgan fingerprint density at radius 1 is 0.548 bits per heavy atom. The van der Waals surface area contributed by atoms with Gasteiger partial charge in [0.15, 0.2) is 0 Å². The second-order valence-electron chi connectivity index (χ2n) is 17.1. The van der Waals surface area contributed by atoms with Crippen LogP contribution in [0, 0.1) is 5.92 Å². The first-order valence-corrected chi connectivity index (χ1v) is 21.9. The molecule has 2 aliphatic carbocycles. The molecule has 296 valence electrons. The summed E-state index contributed by atoms with van der Waals surface area (Å²) in [6, 6.07) is 58.4. The molecule has 5 heteroatoms. The van der Waals surface area contributed by atoms with Crippen molar-refractivity contribution in [3.63, 3.8) is 0 Å². The van der Waals surface area contributed by atoms with Gasteiger partial charge in [-0.25, -0.2) is 4.99 Å². The lowest BCUT2D eigenvalue weighted by molar-refractivity contribution is 0.339. The molecule has 1 aliphatic heterocycles. The molecule has 0 spiro atoms. The Labute approximate surface area is 359 Å². The zero-order valence-electron chi connectivity index (χ0n) is 34.2. The lowest BCUT2D eigenvalue weighted by Crippen LogP contribution is -2.50. The van der Waals surface area contributed by atoms with Gasteiger partial charge in [-0.3, -0.25) is 5.32 Å². The number of allylic oxidation sites excluding steroid dienone is 4. The summed E-state index contributed by atoms with van der Waals surface area (Å²) < 4.78 is 5.03. The van der Waals surface area contributed by atoms with E-state index >= 15 is 0 Å². The van der Waals surface area contributed by atoms with Crippen molar-refractivity contribution in [3.8, 4) is 11.4 Å². The summed E-state index contributed by atoms with van der Waals surface area (Å²) in [6.45, 7) is 0. The molecule has 0 saturated heterocycles. The van der Waals surface area contributed by atoms with Crippen molar-refractivity contribution in [2.45, 2.75) is 31.6 Å². The molecule has 0 radical (unpaired) electrons. The van der Waals surface area contributed by atoms with Gasteiger partial charge in [-0.05, 0) is 106 Å². The van der Waals surface area contributed by atoms with Crippen LogP contribution in [0.15, 0.2) is 193 Å². The van der Waals surface area contributed by atoms with E-state index in [0.29, 0.717) is 5.92 Å². The molecular formula is C57H43N5. The molecule has 13 rings (SSSR count). The van der Waals surface area contributed by atoms with Gasteiger partial charge in [-0.2, -0.15) is 0 Å². The van der Waals surface area contributed by atoms with Crippen molar-refractivity contribution in [1.29, 1.82) is 0 Å². The van der Waals surface area contributed by atoms with Crippen molar-refractivity contribution in [2.24, 2.45) is 10.9 Å². The largest absolute Gasteiger partial charge is 0.350 e. The number of rotatable bonds is 5. The van der Waals surface area contributed by atoms with Gasteiger partial charge >= 0.3 is 0 Å².